The SMILES string of the molecule is CC1=N/N=C(/Sc2ccc3ncc(NC(=O)CC(C)(C)C)cc3c2)CCC=C(c2cn[nH]c2)C=C1. The maximum absolute atomic E-state index is 12.3. The molecule has 1 aliphatic heterocycles. The van der Waals surface area contributed by atoms with E-state index in [0.717, 1.165) is 50.5 Å². The second kappa shape index (κ2) is 10.8. The summed E-state index contributed by atoms with van der Waals surface area (Å²) in [5.41, 5.74) is 4.50. The van der Waals surface area contributed by atoms with Crippen molar-refractivity contribution in [2.24, 2.45) is 15.6 Å². The molecular formula is C27H30N6OS. The van der Waals surface area contributed by atoms with Gasteiger partial charge in [0.15, 0.2) is 0 Å². The highest BCUT2D eigenvalue weighted by atomic mass is 32.2. The smallest absolute Gasteiger partial charge is 0.224 e. The lowest BCUT2D eigenvalue weighted by molar-refractivity contribution is -0.117. The number of fused-ring (bicyclic) bond motifs is 1. The molecule has 35 heavy (non-hydrogen) atoms. The summed E-state index contributed by atoms with van der Waals surface area (Å²) in [5.74, 6) is -0.00911. The fourth-order valence-corrected chi connectivity index (χ4v) is 4.50. The fourth-order valence-electron chi connectivity index (χ4n) is 3.61. The third kappa shape index (κ3) is 7.23. The first-order chi connectivity index (χ1) is 16.7. The zero-order valence-corrected chi connectivity index (χ0v) is 21.3. The third-order valence-electron chi connectivity index (χ3n) is 5.24. The maximum atomic E-state index is 12.3. The molecular weight excluding hydrogens is 456 g/mol. The Morgan fingerprint density at radius 2 is 2.00 bits per heavy atom. The second-order valence-corrected chi connectivity index (χ2v) is 10.9. The van der Waals surface area contributed by atoms with Crippen LogP contribution in [0.3, 0.4) is 0 Å². The van der Waals surface area contributed by atoms with Crippen molar-refractivity contribution in [1.82, 2.24) is 15.2 Å². The third-order valence-corrected chi connectivity index (χ3v) is 6.25. The predicted octanol–water partition coefficient (Wildman–Crippen LogP) is 6.63. The number of pyridine rings is 1. The maximum Gasteiger partial charge on any atom is 0.224 e. The number of benzene rings is 1. The lowest BCUT2D eigenvalue weighted by Crippen LogP contribution is -2.19. The van der Waals surface area contributed by atoms with E-state index < -0.39 is 0 Å². The Hall–Kier alpha value is -3.52. The van der Waals surface area contributed by atoms with Crippen molar-refractivity contribution < 1.29 is 4.79 Å². The van der Waals surface area contributed by atoms with Crippen LogP contribution in [0, 0.1) is 5.41 Å². The van der Waals surface area contributed by atoms with Gasteiger partial charge in [0.05, 0.1) is 29.3 Å². The normalized spacial score (nSPS) is 16.3. The molecule has 0 unspecified atom stereocenters. The molecule has 0 fully saturated rings. The van der Waals surface area contributed by atoms with Crippen LogP contribution in [0.2, 0.25) is 0 Å². The number of carbonyl (C=O) groups excluding carboxylic acids is 1. The highest BCUT2D eigenvalue weighted by molar-refractivity contribution is 8.14. The Labute approximate surface area is 209 Å². The van der Waals surface area contributed by atoms with Crippen molar-refractivity contribution in [2.45, 2.75) is 51.9 Å². The van der Waals surface area contributed by atoms with Crippen LogP contribution < -0.4 is 5.32 Å². The molecule has 0 atom stereocenters. The summed E-state index contributed by atoms with van der Waals surface area (Å²) in [6.45, 7) is 8.08. The largest absolute Gasteiger partial charge is 0.325 e. The van der Waals surface area contributed by atoms with Crippen LogP contribution >= 0.6 is 11.8 Å². The number of rotatable bonds is 4. The minimum atomic E-state index is -0.0700. The molecule has 0 spiro atoms. The van der Waals surface area contributed by atoms with Crippen LogP contribution in [-0.2, 0) is 4.79 Å². The molecule has 0 bridgehead atoms. The molecule has 3 heterocycles. The van der Waals surface area contributed by atoms with E-state index in [1.54, 1.807) is 18.0 Å². The zero-order valence-electron chi connectivity index (χ0n) is 20.5. The second-order valence-electron chi connectivity index (χ2n) is 9.72. The standard InChI is InChI=1S/C27H30N6OS/c1-18-8-9-19(21-15-29-30-16-21)6-5-7-26(33-32-18)35-23-10-11-24-20(13-23)12-22(17-28-24)31-25(34)14-27(2,3)4/h6,8-13,15-17H,5,7,14H2,1-4H3,(H,29,30)(H,31,34)/b9-8?,19-6?,32-18?,33-26+. The molecule has 2 aromatic heterocycles. The van der Waals surface area contributed by atoms with Gasteiger partial charge in [0.2, 0.25) is 5.91 Å². The number of nitrogens with zero attached hydrogens (tertiary/aromatic N) is 4. The molecule has 1 amide bonds. The minimum Gasteiger partial charge on any atom is -0.325 e. The number of H-pyrrole nitrogens is 1. The summed E-state index contributed by atoms with van der Waals surface area (Å²) in [5, 5.41) is 20.7. The molecule has 1 aromatic carbocycles. The first-order valence-corrected chi connectivity index (χ1v) is 12.4. The quantitative estimate of drug-likeness (QED) is 0.432. The number of thioether (sulfide) groups is 1. The van der Waals surface area contributed by atoms with E-state index >= 15 is 0 Å². The molecule has 0 aliphatic carbocycles. The first kappa shape index (κ1) is 24.6. The average Bonchev–Trinajstić information content (AvgIpc) is 3.32. The van der Waals surface area contributed by atoms with Gasteiger partial charge in [-0.3, -0.25) is 14.9 Å². The predicted molar refractivity (Wildman–Crippen MR) is 146 cm³/mol. The Morgan fingerprint density at radius 3 is 2.77 bits per heavy atom. The molecule has 3 aromatic rings. The number of allylic oxidation sites excluding steroid dienone is 4. The van der Waals surface area contributed by atoms with Crippen molar-refractivity contribution in [3.8, 4) is 0 Å². The number of nitrogens with one attached hydrogen (secondary N) is 2. The number of aromatic amines is 1. The van der Waals surface area contributed by atoms with Gasteiger partial charge in [-0.2, -0.15) is 10.2 Å². The summed E-state index contributed by atoms with van der Waals surface area (Å²) in [4.78, 5) is 17.9. The van der Waals surface area contributed by atoms with Crippen LogP contribution in [-0.4, -0.2) is 31.8 Å². The molecule has 4 rings (SSSR count). The van der Waals surface area contributed by atoms with Crippen molar-refractivity contribution in [3.63, 3.8) is 0 Å². The van der Waals surface area contributed by atoms with Crippen molar-refractivity contribution >= 4 is 50.6 Å². The highest BCUT2D eigenvalue weighted by Gasteiger charge is 2.16. The molecule has 0 saturated heterocycles. The Kier molecular flexibility index (Phi) is 7.60. The van der Waals surface area contributed by atoms with Crippen LogP contribution in [0.4, 0.5) is 5.69 Å². The average molecular weight is 487 g/mol. The molecule has 7 nitrogen and oxygen atoms in total. The lowest BCUT2D eigenvalue weighted by Gasteiger charge is -2.17. The number of amides is 1. The van der Waals surface area contributed by atoms with Crippen molar-refractivity contribution in [1.29, 1.82) is 0 Å². The van der Waals surface area contributed by atoms with Crippen molar-refractivity contribution in [3.05, 3.63) is 66.6 Å². The van der Waals surface area contributed by atoms with Gasteiger partial charge >= 0.3 is 0 Å². The van der Waals surface area contributed by atoms with Crippen molar-refractivity contribution in [2.75, 3.05) is 5.32 Å². The van der Waals surface area contributed by atoms with E-state index in [9.17, 15) is 4.79 Å². The van der Waals surface area contributed by atoms with Gasteiger partial charge in [0.1, 0.15) is 5.04 Å². The lowest BCUT2D eigenvalue weighted by atomic mass is 9.92. The molecule has 2 N–H and O–H groups in total. The van der Waals surface area contributed by atoms with Gasteiger partial charge in [-0.15, -0.1) is 5.10 Å². The Morgan fingerprint density at radius 1 is 1.14 bits per heavy atom. The number of aromatic nitrogens is 3. The molecule has 0 saturated carbocycles. The number of anilines is 1. The fraction of sp³-hybridized carbons (Fsp3) is 0.296. The Balaban J connectivity index is 1.51. The minimum absolute atomic E-state index is 0.00911. The van der Waals surface area contributed by atoms with Gasteiger partial charge in [-0.1, -0.05) is 44.7 Å². The summed E-state index contributed by atoms with van der Waals surface area (Å²) in [6.07, 6.45) is 13.7. The highest BCUT2D eigenvalue weighted by Crippen LogP contribution is 2.28. The number of carbonyl (C=O) groups is 1. The summed E-state index contributed by atoms with van der Waals surface area (Å²) < 4.78 is 0. The first-order valence-electron chi connectivity index (χ1n) is 11.6. The van der Waals surface area contributed by atoms with Crippen LogP contribution in [0.15, 0.2) is 76.2 Å². The summed E-state index contributed by atoms with van der Waals surface area (Å²) >= 11 is 1.60. The van der Waals surface area contributed by atoms with Crippen LogP contribution in [0.25, 0.3) is 16.5 Å². The molecule has 0 radical (unpaired) electrons. The summed E-state index contributed by atoms with van der Waals surface area (Å²) in [7, 11) is 0. The number of hydrogen-bond acceptors (Lipinski definition) is 6. The summed E-state index contributed by atoms with van der Waals surface area (Å²) in [6, 6.07) is 8.09. The van der Waals surface area contributed by atoms with Gasteiger partial charge < -0.3 is 5.32 Å². The van der Waals surface area contributed by atoms with Gasteiger partial charge in [-0.05, 0) is 54.7 Å². The van der Waals surface area contributed by atoms with E-state index in [-0.39, 0.29) is 11.3 Å². The topological polar surface area (TPSA) is 95.4 Å². The zero-order chi connectivity index (χ0) is 24.8. The number of hydrogen-bond donors (Lipinski definition) is 2. The van der Waals surface area contributed by atoms with Gasteiger partial charge in [0.25, 0.3) is 0 Å². The van der Waals surface area contributed by atoms with E-state index in [1.807, 2.05) is 70.4 Å². The van der Waals surface area contributed by atoms with Crippen LogP contribution in [0.5, 0.6) is 0 Å². The van der Waals surface area contributed by atoms with Gasteiger partial charge in [0, 0.05) is 34.9 Å². The van der Waals surface area contributed by atoms with Crippen LogP contribution in [0.1, 0.15) is 52.5 Å². The van der Waals surface area contributed by atoms with E-state index in [4.69, 9.17) is 0 Å². The van der Waals surface area contributed by atoms with E-state index in [2.05, 4.69) is 42.8 Å². The monoisotopic (exact) mass is 486 g/mol. The molecule has 1 aliphatic rings. The van der Waals surface area contributed by atoms with E-state index in [1.165, 1.54) is 0 Å². The molecule has 8 heteroatoms. The Bertz CT molecular complexity index is 1330. The molecule has 180 valence electrons. The van der Waals surface area contributed by atoms with E-state index in [0.29, 0.717) is 12.1 Å². The van der Waals surface area contributed by atoms with Gasteiger partial charge in [-0.25, -0.2) is 0 Å².